The Kier molecular flexibility index (Phi) is 3.96. The van der Waals surface area contributed by atoms with Crippen molar-refractivity contribution in [2.45, 2.75) is 38.6 Å². The van der Waals surface area contributed by atoms with Crippen LogP contribution >= 0.6 is 0 Å². The number of nitrogens with zero attached hydrogens (tertiary/aromatic N) is 2. The fourth-order valence-electron chi connectivity index (χ4n) is 3.25. The fourth-order valence-corrected chi connectivity index (χ4v) is 3.25. The number of piperazine rings is 1. The average molecular weight is 279 g/mol. The molecular formula is C15H25N3O2. The van der Waals surface area contributed by atoms with Crippen LogP contribution in [-0.2, 0) is 9.59 Å². The van der Waals surface area contributed by atoms with Crippen LogP contribution in [0.15, 0.2) is 0 Å². The minimum Gasteiger partial charge on any atom is -0.339 e. The number of carbonyl (C=O) groups excluding carboxylic acids is 2. The summed E-state index contributed by atoms with van der Waals surface area (Å²) in [6.45, 7) is 5.98. The lowest BCUT2D eigenvalue weighted by molar-refractivity contribution is -0.142. The highest BCUT2D eigenvalue weighted by Gasteiger charge is 2.36. The summed E-state index contributed by atoms with van der Waals surface area (Å²) >= 11 is 0. The summed E-state index contributed by atoms with van der Waals surface area (Å²) in [6, 6.07) is -0.00978. The second kappa shape index (κ2) is 5.72. The first-order valence-electron chi connectivity index (χ1n) is 7.96. The molecule has 3 fully saturated rings. The molecule has 2 amide bonds. The first-order chi connectivity index (χ1) is 9.65. The monoisotopic (exact) mass is 279 g/mol. The predicted molar refractivity (Wildman–Crippen MR) is 76.1 cm³/mol. The van der Waals surface area contributed by atoms with Crippen LogP contribution in [0.5, 0.6) is 0 Å². The molecule has 3 rings (SSSR count). The van der Waals surface area contributed by atoms with E-state index in [1.165, 1.54) is 0 Å². The van der Waals surface area contributed by atoms with Gasteiger partial charge in [0.15, 0.2) is 0 Å². The molecule has 2 unspecified atom stereocenters. The first kappa shape index (κ1) is 13.9. The topological polar surface area (TPSA) is 52.7 Å². The van der Waals surface area contributed by atoms with Crippen molar-refractivity contribution >= 4 is 11.8 Å². The van der Waals surface area contributed by atoms with Gasteiger partial charge in [0.1, 0.15) is 0 Å². The molecule has 5 nitrogen and oxygen atoms in total. The van der Waals surface area contributed by atoms with Crippen molar-refractivity contribution in [1.29, 1.82) is 0 Å². The van der Waals surface area contributed by atoms with Crippen molar-refractivity contribution in [1.82, 2.24) is 15.1 Å². The Morgan fingerprint density at radius 3 is 2.10 bits per heavy atom. The molecule has 2 heterocycles. The number of hydrogen-bond donors (Lipinski definition) is 1. The van der Waals surface area contributed by atoms with Gasteiger partial charge in [0.05, 0.1) is 6.04 Å². The quantitative estimate of drug-likeness (QED) is 0.799. The number of carbonyl (C=O) groups is 2. The molecule has 0 bridgehead atoms. The SMILES string of the molecule is CC1CCNC(C(=O)N2CCN(C(=O)C3CC3)CC2)C1. The van der Waals surface area contributed by atoms with Gasteiger partial charge in [-0.3, -0.25) is 9.59 Å². The molecule has 0 aromatic rings. The summed E-state index contributed by atoms with van der Waals surface area (Å²) in [6.07, 6.45) is 4.22. The van der Waals surface area contributed by atoms with E-state index < -0.39 is 0 Å². The Balaban J connectivity index is 1.49. The van der Waals surface area contributed by atoms with E-state index in [-0.39, 0.29) is 17.9 Å². The van der Waals surface area contributed by atoms with Gasteiger partial charge >= 0.3 is 0 Å². The van der Waals surface area contributed by atoms with Crippen LogP contribution in [0.25, 0.3) is 0 Å². The van der Waals surface area contributed by atoms with Crippen molar-refractivity contribution in [2.24, 2.45) is 11.8 Å². The van der Waals surface area contributed by atoms with Crippen molar-refractivity contribution in [3.8, 4) is 0 Å². The predicted octanol–water partition coefficient (Wildman–Crippen LogP) is 0.455. The van der Waals surface area contributed by atoms with Crippen LogP contribution in [0, 0.1) is 11.8 Å². The van der Waals surface area contributed by atoms with Gasteiger partial charge in [-0.25, -0.2) is 0 Å². The maximum absolute atomic E-state index is 12.5. The second-order valence-electron chi connectivity index (χ2n) is 6.56. The highest BCUT2D eigenvalue weighted by atomic mass is 16.2. The highest BCUT2D eigenvalue weighted by molar-refractivity contribution is 5.83. The maximum atomic E-state index is 12.5. The van der Waals surface area contributed by atoms with E-state index in [1.54, 1.807) is 0 Å². The fraction of sp³-hybridized carbons (Fsp3) is 0.867. The molecule has 2 atom stereocenters. The zero-order chi connectivity index (χ0) is 14.1. The van der Waals surface area contributed by atoms with Gasteiger partial charge < -0.3 is 15.1 Å². The van der Waals surface area contributed by atoms with E-state index in [0.717, 1.165) is 32.2 Å². The normalized spacial score (nSPS) is 31.2. The van der Waals surface area contributed by atoms with Crippen LogP contribution < -0.4 is 5.32 Å². The lowest BCUT2D eigenvalue weighted by Gasteiger charge is -2.38. The van der Waals surface area contributed by atoms with Gasteiger partial charge in [-0.2, -0.15) is 0 Å². The average Bonchev–Trinajstić information content (AvgIpc) is 3.30. The second-order valence-corrected chi connectivity index (χ2v) is 6.56. The van der Waals surface area contributed by atoms with Crippen LogP contribution in [0.1, 0.15) is 32.6 Å². The smallest absolute Gasteiger partial charge is 0.239 e. The largest absolute Gasteiger partial charge is 0.339 e. The molecule has 3 aliphatic rings. The van der Waals surface area contributed by atoms with Gasteiger partial charge in [0, 0.05) is 32.1 Å². The summed E-state index contributed by atoms with van der Waals surface area (Å²) in [5, 5.41) is 3.34. The minimum atomic E-state index is -0.00978. The molecule has 0 radical (unpaired) electrons. The summed E-state index contributed by atoms with van der Waals surface area (Å²) in [5.74, 6) is 1.46. The summed E-state index contributed by atoms with van der Waals surface area (Å²) in [4.78, 5) is 28.4. The number of hydrogen-bond acceptors (Lipinski definition) is 3. The van der Waals surface area contributed by atoms with Crippen molar-refractivity contribution < 1.29 is 9.59 Å². The maximum Gasteiger partial charge on any atom is 0.239 e. The van der Waals surface area contributed by atoms with Gasteiger partial charge in [-0.1, -0.05) is 6.92 Å². The van der Waals surface area contributed by atoms with E-state index in [1.807, 2.05) is 9.80 Å². The number of piperidine rings is 1. The molecule has 2 aliphatic heterocycles. The molecule has 20 heavy (non-hydrogen) atoms. The van der Waals surface area contributed by atoms with Gasteiger partial charge in [0.2, 0.25) is 11.8 Å². The third-order valence-corrected chi connectivity index (χ3v) is 4.79. The van der Waals surface area contributed by atoms with Crippen LogP contribution in [0.4, 0.5) is 0 Å². The molecule has 0 aromatic heterocycles. The standard InChI is InChI=1S/C15H25N3O2/c1-11-4-5-16-13(10-11)15(20)18-8-6-17(7-9-18)14(19)12-2-3-12/h11-13,16H,2-10H2,1H3. The number of nitrogens with one attached hydrogen (secondary N) is 1. The molecule has 1 saturated carbocycles. The van der Waals surface area contributed by atoms with Crippen LogP contribution in [-0.4, -0.2) is 60.4 Å². The number of amides is 2. The third-order valence-electron chi connectivity index (χ3n) is 4.79. The zero-order valence-electron chi connectivity index (χ0n) is 12.3. The van der Waals surface area contributed by atoms with E-state index in [0.29, 0.717) is 38.0 Å². The molecule has 112 valence electrons. The van der Waals surface area contributed by atoms with Crippen LogP contribution in [0.3, 0.4) is 0 Å². The molecule has 5 heteroatoms. The van der Waals surface area contributed by atoms with E-state index in [4.69, 9.17) is 0 Å². The molecule has 2 saturated heterocycles. The Morgan fingerprint density at radius 1 is 0.950 bits per heavy atom. The Labute approximate surface area is 120 Å². The molecule has 1 N–H and O–H groups in total. The van der Waals surface area contributed by atoms with E-state index in [2.05, 4.69) is 12.2 Å². The van der Waals surface area contributed by atoms with Crippen molar-refractivity contribution in [3.05, 3.63) is 0 Å². The lowest BCUT2D eigenvalue weighted by Crippen LogP contribution is -2.56. The molecule has 0 spiro atoms. The Morgan fingerprint density at radius 2 is 1.55 bits per heavy atom. The van der Waals surface area contributed by atoms with E-state index >= 15 is 0 Å². The molecule has 1 aliphatic carbocycles. The highest BCUT2D eigenvalue weighted by Crippen LogP contribution is 2.31. The van der Waals surface area contributed by atoms with Gasteiger partial charge in [-0.05, 0) is 38.1 Å². The Hall–Kier alpha value is -1.10. The Bertz CT molecular complexity index is 387. The van der Waals surface area contributed by atoms with E-state index in [9.17, 15) is 9.59 Å². The molecular weight excluding hydrogens is 254 g/mol. The third kappa shape index (κ3) is 2.97. The summed E-state index contributed by atoms with van der Waals surface area (Å²) in [5.41, 5.74) is 0. The molecule has 0 aromatic carbocycles. The lowest BCUT2D eigenvalue weighted by atomic mass is 9.93. The first-order valence-corrected chi connectivity index (χ1v) is 7.96. The van der Waals surface area contributed by atoms with Gasteiger partial charge in [0.25, 0.3) is 0 Å². The summed E-state index contributed by atoms with van der Waals surface area (Å²) < 4.78 is 0. The van der Waals surface area contributed by atoms with Crippen molar-refractivity contribution in [2.75, 3.05) is 32.7 Å². The van der Waals surface area contributed by atoms with Crippen molar-refractivity contribution in [3.63, 3.8) is 0 Å². The number of rotatable bonds is 2. The van der Waals surface area contributed by atoms with Gasteiger partial charge in [-0.15, -0.1) is 0 Å². The zero-order valence-corrected chi connectivity index (χ0v) is 12.3. The summed E-state index contributed by atoms with van der Waals surface area (Å²) in [7, 11) is 0. The minimum absolute atomic E-state index is 0.00978. The van der Waals surface area contributed by atoms with Crippen LogP contribution in [0.2, 0.25) is 0 Å².